The second-order valence-electron chi connectivity index (χ2n) is 6.36. The number of benzene rings is 2. The van der Waals surface area contributed by atoms with Gasteiger partial charge in [-0.3, -0.25) is 9.59 Å². The molecule has 0 aliphatic heterocycles. The minimum Gasteiger partial charge on any atom is -0.496 e. The number of hydrogen-bond donors (Lipinski definition) is 2. The summed E-state index contributed by atoms with van der Waals surface area (Å²) in [5.41, 5.74) is 2.44. The Labute approximate surface area is 161 Å². The van der Waals surface area contributed by atoms with Crippen molar-refractivity contribution in [3.63, 3.8) is 0 Å². The molecule has 1 aliphatic rings. The smallest absolute Gasteiger partial charge is 0.227 e. The first-order valence-corrected chi connectivity index (χ1v) is 9.37. The highest BCUT2D eigenvalue weighted by Crippen LogP contribution is 2.30. The maximum Gasteiger partial charge on any atom is 0.227 e. The topological polar surface area (TPSA) is 67.4 Å². The Kier molecular flexibility index (Phi) is 5.93. The zero-order chi connectivity index (χ0) is 18.5. The molecule has 0 aromatic heterocycles. The minimum absolute atomic E-state index is 0.0542. The molecule has 136 valence electrons. The van der Waals surface area contributed by atoms with Gasteiger partial charge in [-0.1, -0.05) is 12.1 Å². The predicted molar refractivity (Wildman–Crippen MR) is 105 cm³/mol. The lowest BCUT2D eigenvalue weighted by molar-refractivity contribution is -0.117. The molecule has 1 aliphatic carbocycles. The van der Waals surface area contributed by atoms with Crippen LogP contribution in [0.1, 0.15) is 24.8 Å². The van der Waals surface area contributed by atoms with Crippen LogP contribution in [0.25, 0.3) is 0 Å². The Morgan fingerprint density at radius 2 is 1.85 bits per heavy atom. The summed E-state index contributed by atoms with van der Waals surface area (Å²) in [6, 6.07) is 13.0. The first-order valence-electron chi connectivity index (χ1n) is 8.58. The van der Waals surface area contributed by atoms with Crippen LogP contribution < -0.4 is 15.4 Å². The van der Waals surface area contributed by atoms with E-state index in [-0.39, 0.29) is 17.7 Å². The molecule has 2 amide bonds. The van der Waals surface area contributed by atoms with Crippen LogP contribution in [0, 0.1) is 5.92 Å². The van der Waals surface area contributed by atoms with Crippen molar-refractivity contribution >= 4 is 39.1 Å². The fourth-order valence-corrected chi connectivity index (χ4v) is 3.20. The average molecular weight is 417 g/mol. The summed E-state index contributed by atoms with van der Waals surface area (Å²) in [5.74, 6) is 0.904. The van der Waals surface area contributed by atoms with E-state index in [0.717, 1.165) is 28.6 Å². The van der Waals surface area contributed by atoms with Crippen molar-refractivity contribution in [2.45, 2.75) is 25.7 Å². The van der Waals surface area contributed by atoms with Gasteiger partial charge >= 0.3 is 0 Å². The summed E-state index contributed by atoms with van der Waals surface area (Å²) in [6.45, 7) is 0. The van der Waals surface area contributed by atoms with Crippen molar-refractivity contribution in [3.05, 3.63) is 52.5 Å². The van der Waals surface area contributed by atoms with Gasteiger partial charge in [0.15, 0.2) is 0 Å². The van der Waals surface area contributed by atoms with Gasteiger partial charge in [0.05, 0.1) is 11.6 Å². The van der Waals surface area contributed by atoms with Gasteiger partial charge in [0.2, 0.25) is 11.8 Å². The normalized spacial score (nSPS) is 13.2. The summed E-state index contributed by atoms with van der Waals surface area (Å²) in [4.78, 5) is 24.0. The molecule has 2 aromatic rings. The van der Waals surface area contributed by atoms with Crippen molar-refractivity contribution in [1.29, 1.82) is 0 Å². The molecule has 0 unspecified atom stereocenters. The van der Waals surface area contributed by atoms with Gasteiger partial charge in [-0.15, -0.1) is 0 Å². The number of aryl methyl sites for hydroxylation is 1. The second kappa shape index (κ2) is 8.36. The monoisotopic (exact) mass is 416 g/mol. The molecule has 5 nitrogen and oxygen atoms in total. The van der Waals surface area contributed by atoms with Gasteiger partial charge in [0.25, 0.3) is 0 Å². The minimum atomic E-state index is -0.0670. The third kappa shape index (κ3) is 5.08. The Hall–Kier alpha value is -2.34. The first-order chi connectivity index (χ1) is 12.5. The zero-order valence-corrected chi connectivity index (χ0v) is 16.1. The molecule has 6 heteroatoms. The van der Waals surface area contributed by atoms with Crippen LogP contribution in [0.5, 0.6) is 5.75 Å². The number of halogens is 1. The first kappa shape index (κ1) is 18.5. The highest BCUT2D eigenvalue weighted by Gasteiger charge is 2.29. The van der Waals surface area contributed by atoms with Gasteiger partial charge < -0.3 is 15.4 Å². The highest BCUT2D eigenvalue weighted by molar-refractivity contribution is 9.10. The number of anilines is 2. The second-order valence-corrected chi connectivity index (χ2v) is 7.22. The molecule has 2 N–H and O–H groups in total. The quantitative estimate of drug-likeness (QED) is 0.703. The van der Waals surface area contributed by atoms with Crippen molar-refractivity contribution in [3.8, 4) is 5.75 Å². The fraction of sp³-hybridized carbons (Fsp3) is 0.300. The third-order valence-electron chi connectivity index (χ3n) is 4.22. The Morgan fingerprint density at radius 3 is 2.50 bits per heavy atom. The molecule has 3 rings (SSSR count). The maximum atomic E-state index is 12.2. The summed E-state index contributed by atoms with van der Waals surface area (Å²) >= 11 is 3.45. The van der Waals surface area contributed by atoms with E-state index in [2.05, 4.69) is 26.6 Å². The number of amides is 2. The number of methoxy groups -OCH3 is 1. The van der Waals surface area contributed by atoms with Crippen LogP contribution in [-0.2, 0) is 16.0 Å². The van der Waals surface area contributed by atoms with E-state index in [1.54, 1.807) is 13.2 Å². The fourth-order valence-electron chi connectivity index (χ4n) is 2.61. The van der Waals surface area contributed by atoms with E-state index in [1.165, 1.54) is 0 Å². The number of carbonyl (C=O) groups is 2. The molecule has 1 fully saturated rings. The van der Waals surface area contributed by atoms with Crippen LogP contribution >= 0.6 is 15.9 Å². The Bertz CT molecular complexity index is 818. The van der Waals surface area contributed by atoms with Gasteiger partial charge in [0.1, 0.15) is 5.75 Å². The number of rotatable bonds is 7. The van der Waals surface area contributed by atoms with E-state index in [0.29, 0.717) is 24.2 Å². The molecular formula is C20H21BrN2O3. The number of nitrogens with one attached hydrogen (secondary N) is 2. The zero-order valence-electron chi connectivity index (χ0n) is 14.5. The largest absolute Gasteiger partial charge is 0.496 e. The molecule has 0 bridgehead atoms. The van der Waals surface area contributed by atoms with Crippen molar-refractivity contribution < 1.29 is 14.3 Å². The standard InChI is InChI=1S/C20H21BrN2O3/c1-26-18-9-5-13(11-17(18)21)6-10-19(24)22-15-3-2-4-16(12-15)23-20(25)14-7-8-14/h2-5,9,11-12,14H,6-8,10H2,1H3,(H,22,24)(H,23,25). The highest BCUT2D eigenvalue weighted by atomic mass is 79.9. The molecule has 26 heavy (non-hydrogen) atoms. The lowest BCUT2D eigenvalue weighted by Gasteiger charge is -2.09. The SMILES string of the molecule is COc1ccc(CCC(=O)Nc2cccc(NC(=O)C3CC3)c2)cc1Br. The van der Waals surface area contributed by atoms with Crippen LogP contribution in [0.2, 0.25) is 0 Å². The molecule has 0 spiro atoms. The van der Waals surface area contributed by atoms with E-state index in [9.17, 15) is 9.59 Å². The predicted octanol–water partition coefficient (Wildman–Crippen LogP) is 4.38. The summed E-state index contributed by atoms with van der Waals surface area (Å²) in [6.07, 6.45) is 2.93. The van der Waals surface area contributed by atoms with Crippen molar-refractivity contribution in [2.75, 3.05) is 17.7 Å². The molecule has 0 saturated heterocycles. The van der Waals surface area contributed by atoms with E-state index in [1.807, 2.05) is 36.4 Å². The lowest BCUT2D eigenvalue weighted by Crippen LogP contribution is -2.15. The number of hydrogen-bond acceptors (Lipinski definition) is 3. The van der Waals surface area contributed by atoms with Gasteiger partial charge in [-0.05, 0) is 71.1 Å². The third-order valence-corrected chi connectivity index (χ3v) is 4.84. The molecule has 0 atom stereocenters. The molecule has 1 saturated carbocycles. The Balaban J connectivity index is 1.52. The summed E-state index contributed by atoms with van der Waals surface area (Å²) in [5, 5.41) is 5.77. The lowest BCUT2D eigenvalue weighted by atomic mass is 10.1. The van der Waals surface area contributed by atoms with Crippen LogP contribution in [-0.4, -0.2) is 18.9 Å². The average Bonchev–Trinajstić information content (AvgIpc) is 3.45. The maximum absolute atomic E-state index is 12.2. The van der Waals surface area contributed by atoms with Crippen LogP contribution in [0.15, 0.2) is 46.9 Å². The van der Waals surface area contributed by atoms with E-state index < -0.39 is 0 Å². The van der Waals surface area contributed by atoms with Crippen LogP contribution in [0.3, 0.4) is 0 Å². The molecule has 0 radical (unpaired) electrons. The van der Waals surface area contributed by atoms with Crippen molar-refractivity contribution in [1.82, 2.24) is 0 Å². The van der Waals surface area contributed by atoms with E-state index >= 15 is 0 Å². The van der Waals surface area contributed by atoms with Gasteiger partial charge in [-0.2, -0.15) is 0 Å². The number of carbonyl (C=O) groups excluding carboxylic acids is 2. The van der Waals surface area contributed by atoms with Gasteiger partial charge in [-0.25, -0.2) is 0 Å². The summed E-state index contributed by atoms with van der Waals surface area (Å²) < 4.78 is 6.08. The Morgan fingerprint density at radius 1 is 1.12 bits per heavy atom. The molecule has 0 heterocycles. The summed E-state index contributed by atoms with van der Waals surface area (Å²) in [7, 11) is 1.62. The van der Waals surface area contributed by atoms with Gasteiger partial charge in [0, 0.05) is 23.7 Å². The number of ether oxygens (including phenoxy) is 1. The molecular weight excluding hydrogens is 396 g/mol. The van der Waals surface area contributed by atoms with E-state index in [4.69, 9.17) is 4.74 Å². The molecule has 2 aromatic carbocycles. The van der Waals surface area contributed by atoms with Crippen molar-refractivity contribution in [2.24, 2.45) is 5.92 Å². The van der Waals surface area contributed by atoms with Crippen LogP contribution in [0.4, 0.5) is 11.4 Å².